The number of hydrogen-bond donors (Lipinski definition) is 3. The maximum absolute atomic E-state index is 15.2. The number of nitrogens with zero attached hydrogens (tertiary/aromatic N) is 3. The number of carbonyl (C=O) groups is 3. The summed E-state index contributed by atoms with van der Waals surface area (Å²) in [6, 6.07) is 6.80. The molecular weight excluding hydrogens is 551 g/mol. The van der Waals surface area contributed by atoms with Crippen molar-refractivity contribution >= 4 is 23.4 Å². The maximum Gasteiger partial charge on any atom is 0.305 e. The van der Waals surface area contributed by atoms with E-state index in [1.807, 2.05) is 13.8 Å². The molecule has 42 heavy (non-hydrogen) atoms. The van der Waals surface area contributed by atoms with E-state index in [4.69, 9.17) is 0 Å². The average molecular weight is 582 g/mol. The topological polar surface area (TPSA) is 126 Å². The number of carboxylic acid groups (broad SMARTS) is 1. The minimum atomic E-state index is -1.49. The number of benzene rings is 2. The van der Waals surface area contributed by atoms with Crippen LogP contribution in [0.5, 0.6) is 0 Å². The van der Waals surface area contributed by atoms with Gasteiger partial charge in [-0.15, -0.1) is 0 Å². The SMILES string of the molecule is Cc1cc(F)cc(C)c1-c1cc(F)c(F)c([C@H](CC(=O)O)NC(=O)[C@H](CC(C)C)NC(=O)c2cccc3ncnn23)c1. The van der Waals surface area contributed by atoms with Crippen molar-refractivity contribution in [1.82, 2.24) is 25.2 Å². The van der Waals surface area contributed by atoms with Crippen LogP contribution in [0.1, 0.15) is 59.9 Å². The molecule has 0 aliphatic rings. The Balaban J connectivity index is 1.69. The molecule has 0 radical (unpaired) electrons. The van der Waals surface area contributed by atoms with E-state index >= 15 is 4.39 Å². The minimum Gasteiger partial charge on any atom is -0.481 e. The number of amides is 2. The highest BCUT2D eigenvalue weighted by molar-refractivity contribution is 5.96. The van der Waals surface area contributed by atoms with Gasteiger partial charge in [-0.3, -0.25) is 14.4 Å². The summed E-state index contributed by atoms with van der Waals surface area (Å²) in [6.45, 7) is 6.88. The third-order valence-electron chi connectivity index (χ3n) is 6.78. The summed E-state index contributed by atoms with van der Waals surface area (Å²) in [5, 5.41) is 18.8. The highest BCUT2D eigenvalue weighted by Gasteiger charge is 2.30. The molecule has 9 nitrogen and oxygen atoms in total. The number of carboxylic acids is 1. The molecule has 4 rings (SSSR count). The fourth-order valence-corrected chi connectivity index (χ4v) is 5.01. The van der Waals surface area contributed by atoms with E-state index in [9.17, 15) is 28.3 Å². The van der Waals surface area contributed by atoms with E-state index in [1.165, 1.54) is 35.1 Å². The normalized spacial score (nSPS) is 12.8. The van der Waals surface area contributed by atoms with Gasteiger partial charge in [0, 0.05) is 5.56 Å². The van der Waals surface area contributed by atoms with Gasteiger partial charge in [0.1, 0.15) is 23.9 Å². The zero-order chi connectivity index (χ0) is 30.7. The van der Waals surface area contributed by atoms with Crippen LogP contribution in [0.4, 0.5) is 13.2 Å². The Morgan fingerprint density at radius 3 is 2.33 bits per heavy atom. The fourth-order valence-electron chi connectivity index (χ4n) is 5.01. The second-order valence-corrected chi connectivity index (χ2v) is 10.5. The Morgan fingerprint density at radius 1 is 1.00 bits per heavy atom. The lowest BCUT2D eigenvalue weighted by atomic mass is 9.91. The number of rotatable bonds is 10. The molecule has 0 saturated heterocycles. The second-order valence-electron chi connectivity index (χ2n) is 10.5. The molecule has 0 unspecified atom stereocenters. The predicted octanol–water partition coefficient (Wildman–Crippen LogP) is 4.91. The Kier molecular flexibility index (Phi) is 8.93. The molecule has 0 fully saturated rings. The first-order valence-corrected chi connectivity index (χ1v) is 13.2. The first-order chi connectivity index (χ1) is 19.8. The standard InChI is InChI=1S/C30H30F3N5O4/c1-15(2)8-23(37-30(42)24-6-5-7-25-34-14-35-38(24)25)29(41)36-22(13-26(39)40)20-11-18(12-21(32)28(20)33)27-16(3)9-19(31)10-17(27)4/h5-7,9-12,14-15,22-23H,8,13H2,1-4H3,(H,36,41)(H,37,42)(H,39,40)/t22-,23-/m0/s1. The first kappa shape index (κ1) is 30.2. The number of carbonyl (C=O) groups excluding carboxylic acids is 2. The third kappa shape index (κ3) is 6.59. The van der Waals surface area contributed by atoms with Crippen molar-refractivity contribution in [2.45, 2.75) is 52.6 Å². The number of hydrogen-bond acceptors (Lipinski definition) is 5. The van der Waals surface area contributed by atoms with Gasteiger partial charge in [0.2, 0.25) is 5.91 Å². The van der Waals surface area contributed by atoms with Crippen molar-refractivity contribution in [3.8, 4) is 11.1 Å². The molecule has 220 valence electrons. The van der Waals surface area contributed by atoms with Gasteiger partial charge in [-0.05, 0) is 84.8 Å². The molecule has 2 atom stereocenters. The number of fused-ring (bicyclic) bond motifs is 1. The van der Waals surface area contributed by atoms with Gasteiger partial charge in [0.05, 0.1) is 12.5 Å². The highest BCUT2D eigenvalue weighted by atomic mass is 19.2. The number of aliphatic carboxylic acids is 1. The van der Waals surface area contributed by atoms with Crippen molar-refractivity contribution in [2.75, 3.05) is 0 Å². The number of pyridine rings is 1. The fraction of sp³-hybridized carbons (Fsp3) is 0.300. The predicted molar refractivity (Wildman–Crippen MR) is 148 cm³/mol. The summed E-state index contributed by atoms with van der Waals surface area (Å²) < 4.78 is 45.3. The van der Waals surface area contributed by atoms with Gasteiger partial charge < -0.3 is 15.7 Å². The van der Waals surface area contributed by atoms with E-state index in [0.29, 0.717) is 22.3 Å². The summed E-state index contributed by atoms with van der Waals surface area (Å²) in [5.41, 5.74) is 1.69. The lowest BCUT2D eigenvalue weighted by Gasteiger charge is -2.25. The van der Waals surface area contributed by atoms with E-state index < -0.39 is 59.3 Å². The van der Waals surface area contributed by atoms with Crippen LogP contribution in [0.2, 0.25) is 0 Å². The monoisotopic (exact) mass is 581 g/mol. The summed E-state index contributed by atoms with van der Waals surface area (Å²) >= 11 is 0. The third-order valence-corrected chi connectivity index (χ3v) is 6.78. The second kappa shape index (κ2) is 12.4. The first-order valence-electron chi connectivity index (χ1n) is 13.2. The summed E-state index contributed by atoms with van der Waals surface area (Å²) in [7, 11) is 0. The number of halogens is 3. The molecule has 0 bridgehead atoms. The average Bonchev–Trinajstić information content (AvgIpc) is 3.37. The molecule has 0 aliphatic carbocycles. The molecule has 0 aliphatic heterocycles. The maximum atomic E-state index is 15.2. The van der Waals surface area contributed by atoms with Crippen LogP contribution in [0.3, 0.4) is 0 Å². The lowest BCUT2D eigenvalue weighted by Crippen LogP contribution is -2.49. The Hall–Kier alpha value is -4.74. The molecule has 0 saturated carbocycles. The van der Waals surface area contributed by atoms with E-state index in [1.54, 1.807) is 26.0 Å². The molecule has 2 heterocycles. The van der Waals surface area contributed by atoms with Gasteiger partial charge in [0.25, 0.3) is 5.91 Å². The summed E-state index contributed by atoms with van der Waals surface area (Å²) in [4.78, 5) is 42.5. The van der Waals surface area contributed by atoms with Gasteiger partial charge in [-0.2, -0.15) is 5.10 Å². The molecule has 3 N–H and O–H groups in total. The van der Waals surface area contributed by atoms with Crippen LogP contribution in [0.25, 0.3) is 16.8 Å². The zero-order valence-corrected chi connectivity index (χ0v) is 23.4. The van der Waals surface area contributed by atoms with Crippen molar-refractivity contribution in [3.63, 3.8) is 0 Å². The largest absolute Gasteiger partial charge is 0.481 e. The molecule has 4 aromatic rings. The Labute approximate surface area is 239 Å². The minimum absolute atomic E-state index is 0.0805. The van der Waals surface area contributed by atoms with Crippen molar-refractivity contribution in [1.29, 1.82) is 0 Å². The quantitative estimate of drug-likeness (QED) is 0.245. The highest BCUT2D eigenvalue weighted by Crippen LogP contribution is 2.33. The zero-order valence-electron chi connectivity index (χ0n) is 23.4. The van der Waals surface area contributed by atoms with Crippen molar-refractivity contribution in [2.24, 2.45) is 5.92 Å². The number of nitrogens with one attached hydrogen (secondary N) is 2. The van der Waals surface area contributed by atoms with Crippen LogP contribution < -0.4 is 10.6 Å². The lowest BCUT2D eigenvalue weighted by molar-refractivity contribution is -0.137. The molecule has 12 heteroatoms. The van der Waals surface area contributed by atoms with Gasteiger partial charge in [0.15, 0.2) is 17.3 Å². The van der Waals surface area contributed by atoms with Crippen molar-refractivity contribution in [3.05, 3.63) is 88.6 Å². The molecular formula is C30H30F3N5O4. The van der Waals surface area contributed by atoms with Crippen LogP contribution in [-0.4, -0.2) is 43.5 Å². The molecule has 2 aromatic carbocycles. The Morgan fingerprint density at radius 2 is 1.69 bits per heavy atom. The number of aromatic nitrogens is 3. The molecule has 2 aromatic heterocycles. The number of aryl methyl sites for hydroxylation is 2. The van der Waals surface area contributed by atoms with Gasteiger partial charge >= 0.3 is 5.97 Å². The van der Waals surface area contributed by atoms with Crippen LogP contribution in [-0.2, 0) is 9.59 Å². The smallest absolute Gasteiger partial charge is 0.305 e. The van der Waals surface area contributed by atoms with Crippen LogP contribution >= 0.6 is 0 Å². The Bertz CT molecular complexity index is 1650. The van der Waals surface area contributed by atoms with Gasteiger partial charge in [-0.25, -0.2) is 22.7 Å². The summed E-state index contributed by atoms with van der Waals surface area (Å²) in [5.74, 6) is -5.96. The van der Waals surface area contributed by atoms with Crippen LogP contribution in [0.15, 0.2) is 48.8 Å². The van der Waals surface area contributed by atoms with Gasteiger partial charge in [-0.1, -0.05) is 19.9 Å². The summed E-state index contributed by atoms with van der Waals surface area (Å²) in [6.07, 6.45) is 0.667. The molecule has 2 amide bonds. The van der Waals surface area contributed by atoms with E-state index in [-0.39, 0.29) is 23.6 Å². The molecule has 0 spiro atoms. The van der Waals surface area contributed by atoms with Crippen molar-refractivity contribution < 1.29 is 32.7 Å². The van der Waals surface area contributed by atoms with Crippen LogP contribution in [0, 0.1) is 37.2 Å². The van der Waals surface area contributed by atoms with E-state index in [0.717, 1.165) is 6.07 Å². The van der Waals surface area contributed by atoms with E-state index in [2.05, 4.69) is 20.7 Å².